The van der Waals surface area contributed by atoms with Crippen LogP contribution in [0.2, 0.25) is 0 Å². The number of aromatic carboxylic acids is 1. The van der Waals surface area contributed by atoms with E-state index >= 15 is 0 Å². The fraction of sp³-hybridized carbons (Fsp3) is 0.286. The van der Waals surface area contributed by atoms with Gasteiger partial charge in [-0.15, -0.1) is 0 Å². The first-order valence-corrected chi connectivity index (χ1v) is 5.98. The lowest BCUT2D eigenvalue weighted by Gasteiger charge is -2.07. The predicted molar refractivity (Wildman–Crippen MR) is 68.9 cm³/mol. The molecule has 102 valence electrons. The number of carbonyl (C=O) groups is 1. The van der Waals surface area contributed by atoms with Crippen LogP contribution in [0.4, 0.5) is 0 Å². The van der Waals surface area contributed by atoms with Crippen molar-refractivity contribution in [1.29, 1.82) is 0 Å². The maximum absolute atomic E-state index is 10.7. The highest BCUT2D eigenvalue weighted by atomic mass is 16.4. The topological polar surface area (TPSA) is 69.2 Å². The number of nitrogens with zero attached hydrogens (tertiary/aromatic N) is 2. The Balaban J connectivity index is 0.000000191. The summed E-state index contributed by atoms with van der Waals surface area (Å²) in [5.41, 5.74) is -0.178. The average Bonchev–Trinajstić information content (AvgIpc) is 2.70. The van der Waals surface area contributed by atoms with E-state index in [9.17, 15) is 9.90 Å². The molecule has 0 radical (unpaired) electrons. The van der Waals surface area contributed by atoms with Crippen molar-refractivity contribution in [3.8, 4) is 5.75 Å². The highest BCUT2D eigenvalue weighted by Gasteiger charge is 2.04. The Bertz CT molecular complexity index is 562. The Morgan fingerprint density at radius 3 is 2.37 bits per heavy atom. The highest BCUT2D eigenvalue weighted by Crippen LogP contribution is 2.10. The van der Waals surface area contributed by atoms with Crippen LogP contribution in [-0.2, 0) is 13.6 Å². The zero-order valence-corrected chi connectivity index (χ0v) is 11.3. The Labute approximate surface area is 112 Å². The highest BCUT2D eigenvalue weighted by molar-refractivity contribution is 5.90. The van der Waals surface area contributed by atoms with E-state index in [0.29, 0.717) is 0 Å². The van der Waals surface area contributed by atoms with Gasteiger partial charge in [0.25, 0.3) is 5.82 Å². The number of imidazole rings is 1. The number of hydrogen-bond acceptors (Lipinski definition) is 2. The molecule has 1 aromatic carbocycles. The molecule has 1 aromatic heterocycles. The summed E-state index contributed by atoms with van der Waals surface area (Å²) in [5, 5.41) is 19.0. The molecule has 0 aliphatic heterocycles. The van der Waals surface area contributed by atoms with E-state index < -0.39 is 11.7 Å². The van der Waals surface area contributed by atoms with Crippen LogP contribution in [0.3, 0.4) is 0 Å². The van der Waals surface area contributed by atoms with Crippen LogP contribution in [0, 0.1) is 6.92 Å². The molecule has 0 saturated heterocycles. The van der Waals surface area contributed by atoms with Gasteiger partial charge in [-0.2, -0.15) is 0 Å². The first kappa shape index (κ1) is 14.8. The van der Waals surface area contributed by atoms with E-state index in [4.69, 9.17) is 5.11 Å². The number of benzene rings is 1. The van der Waals surface area contributed by atoms with Crippen LogP contribution < -0.4 is 9.67 Å². The summed E-state index contributed by atoms with van der Waals surface area (Å²) in [5.74, 6) is -0.321. The number of carboxylic acids is 1. The Hall–Kier alpha value is -2.30. The van der Waals surface area contributed by atoms with Gasteiger partial charge in [0.05, 0.1) is 19.2 Å². The minimum atomic E-state index is -1.18. The lowest BCUT2D eigenvalue weighted by atomic mass is 10.2. The number of carboxylic acid groups (broad SMARTS) is 1. The molecular formula is C14H18N2O3. The molecule has 0 atom stereocenters. The van der Waals surface area contributed by atoms with Gasteiger partial charge in [-0.05, 0) is 13.0 Å². The van der Waals surface area contributed by atoms with Gasteiger partial charge in [0.15, 0.2) is 0 Å². The van der Waals surface area contributed by atoms with Crippen LogP contribution in [0.1, 0.15) is 23.1 Å². The molecule has 1 heterocycles. The van der Waals surface area contributed by atoms with Crippen LogP contribution >= 0.6 is 0 Å². The van der Waals surface area contributed by atoms with E-state index in [1.807, 2.05) is 0 Å². The van der Waals surface area contributed by atoms with Crippen molar-refractivity contribution in [3.63, 3.8) is 0 Å². The second kappa shape index (κ2) is 6.58. The molecule has 0 spiro atoms. The van der Waals surface area contributed by atoms with Crippen LogP contribution in [-0.4, -0.2) is 15.6 Å². The maximum Gasteiger partial charge on any atom is 0.335 e. The summed E-state index contributed by atoms with van der Waals surface area (Å²) in [4.78, 5) is 10.2. The summed E-state index contributed by atoms with van der Waals surface area (Å²) < 4.78 is 4.32. The minimum absolute atomic E-state index is 0.178. The Morgan fingerprint density at radius 1 is 1.42 bits per heavy atom. The van der Waals surface area contributed by atoms with Crippen molar-refractivity contribution in [2.24, 2.45) is 7.05 Å². The van der Waals surface area contributed by atoms with E-state index in [1.165, 1.54) is 30.1 Å². The van der Waals surface area contributed by atoms with Gasteiger partial charge in [-0.25, -0.2) is 13.9 Å². The molecule has 1 N–H and O–H groups in total. The zero-order valence-electron chi connectivity index (χ0n) is 11.3. The molecule has 0 bridgehead atoms. The fourth-order valence-corrected chi connectivity index (χ4v) is 1.58. The van der Waals surface area contributed by atoms with Gasteiger partial charge in [-0.1, -0.05) is 23.9 Å². The van der Waals surface area contributed by atoms with E-state index in [0.717, 1.165) is 6.54 Å². The normalized spacial score (nSPS) is 9.63. The predicted octanol–water partition coefficient (Wildman–Crippen LogP) is 1.10. The van der Waals surface area contributed by atoms with Gasteiger partial charge >= 0.3 is 5.97 Å². The lowest BCUT2D eigenvalue weighted by Crippen LogP contribution is -2.29. The van der Waals surface area contributed by atoms with Crippen molar-refractivity contribution < 1.29 is 19.6 Å². The Kier molecular flexibility index (Phi) is 5.11. The van der Waals surface area contributed by atoms with Crippen molar-refractivity contribution in [2.45, 2.75) is 20.4 Å². The standard InChI is InChI=1S/C7H13N2.C7H6O3/c1-4-9-6-5-8(3)7(9)2;8-6-4-2-1-3-5(6)7(9)10/h5-6H,4H2,1-3H3;1-4,8H,(H,9,10)/q+1;/p-1. The van der Waals surface area contributed by atoms with Crippen molar-refractivity contribution in [1.82, 2.24) is 4.57 Å². The molecule has 0 aliphatic rings. The molecule has 2 aromatic rings. The third kappa shape index (κ3) is 3.84. The Morgan fingerprint density at radius 2 is 2.05 bits per heavy atom. The third-order valence-corrected chi connectivity index (χ3v) is 2.85. The molecule has 0 saturated carbocycles. The average molecular weight is 262 g/mol. The first-order chi connectivity index (χ1) is 8.97. The zero-order chi connectivity index (χ0) is 14.4. The minimum Gasteiger partial charge on any atom is -0.872 e. The smallest absolute Gasteiger partial charge is 0.335 e. The summed E-state index contributed by atoms with van der Waals surface area (Å²) in [7, 11) is 2.06. The van der Waals surface area contributed by atoms with Crippen LogP contribution in [0.5, 0.6) is 5.75 Å². The quantitative estimate of drug-likeness (QED) is 0.824. The summed E-state index contributed by atoms with van der Waals surface area (Å²) in [6.45, 7) is 5.32. The van der Waals surface area contributed by atoms with E-state index in [1.54, 1.807) is 0 Å². The molecule has 2 rings (SSSR count). The van der Waals surface area contributed by atoms with Crippen molar-refractivity contribution in [2.75, 3.05) is 0 Å². The van der Waals surface area contributed by atoms with Gasteiger partial charge in [-0.3, -0.25) is 0 Å². The van der Waals surface area contributed by atoms with E-state index in [2.05, 4.69) is 42.4 Å². The van der Waals surface area contributed by atoms with Crippen LogP contribution in [0.25, 0.3) is 0 Å². The first-order valence-electron chi connectivity index (χ1n) is 5.98. The largest absolute Gasteiger partial charge is 0.872 e. The molecule has 0 aliphatic carbocycles. The molecular weight excluding hydrogens is 244 g/mol. The van der Waals surface area contributed by atoms with Gasteiger partial charge in [0.2, 0.25) is 0 Å². The summed E-state index contributed by atoms with van der Waals surface area (Å²) in [6, 6.07) is 5.54. The summed E-state index contributed by atoms with van der Waals surface area (Å²) >= 11 is 0. The summed E-state index contributed by atoms with van der Waals surface area (Å²) in [6.07, 6.45) is 4.16. The lowest BCUT2D eigenvalue weighted by molar-refractivity contribution is -0.677. The van der Waals surface area contributed by atoms with Crippen molar-refractivity contribution in [3.05, 3.63) is 48.0 Å². The second-order valence-corrected chi connectivity index (χ2v) is 4.04. The van der Waals surface area contributed by atoms with Gasteiger partial charge < -0.3 is 10.2 Å². The van der Waals surface area contributed by atoms with Gasteiger partial charge in [0, 0.05) is 6.92 Å². The van der Waals surface area contributed by atoms with Crippen molar-refractivity contribution >= 4 is 5.97 Å². The second-order valence-electron chi connectivity index (χ2n) is 4.04. The van der Waals surface area contributed by atoms with E-state index in [-0.39, 0.29) is 5.56 Å². The number of rotatable bonds is 2. The number of aryl methyl sites for hydroxylation is 2. The molecule has 0 amide bonds. The monoisotopic (exact) mass is 262 g/mol. The molecule has 19 heavy (non-hydrogen) atoms. The van der Waals surface area contributed by atoms with Gasteiger partial charge in [0.1, 0.15) is 12.4 Å². The molecule has 0 fully saturated rings. The maximum atomic E-state index is 10.7. The van der Waals surface area contributed by atoms with Crippen LogP contribution in [0.15, 0.2) is 36.7 Å². The fourth-order valence-electron chi connectivity index (χ4n) is 1.58. The number of hydrogen-bond donors (Lipinski definition) is 1. The molecule has 5 heteroatoms. The number of aromatic nitrogens is 2. The SMILES string of the molecule is CCn1cc[n+](C)c1C.O=C(O)c1ccccc1[O-]. The molecule has 0 unspecified atom stereocenters. The molecule has 5 nitrogen and oxygen atoms in total. The number of para-hydroxylation sites is 1. The third-order valence-electron chi connectivity index (χ3n) is 2.85.